The second-order valence-corrected chi connectivity index (χ2v) is 9.00. The summed E-state index contributed by atoms with van der Waals surface area (Å²) in [6.45, 7) is 0.676. The number of hydrogen-bond donors (Lipinski definition) is 1. The number of rotatable bonds is 6. The van der Waals surface area contributed by atoms with E-state index in [-0.39, 0.29) is 18.9 Å². The number of carbonyl (C=O) groups is 1. The van der Waals surface area contributed by atoms with Crippen LogP contribution in [0.4, 0.5) is 5.69 Å². The molecule has 0 spiro atoms. The first kappa shape index (κ1) is 20.5. The highest BCUT2D eigenvalue weighted by Crippen LogP contribution is 2.33. The van der Waals surface area contributed by atoms with Crippen molar-refractivity contribution in [1.82, 2.24) is 5.32 Å². The fourth-order valence-electron chi connectivity index (χ4n) is 3.16. The van der Waals surface area contributed by atoms with E-state index >= 15 is 0 Å². The van der Waals surface area contributed by atoms with Gasteiger partial charge in [-0.2, -0.15) is 0 Å². The topological polar surface area (TPSA) is 75.7 Å². The molecule has 0 saturated heterocycles. The third kappa shape index (κ3) is 4.97. The van der Waals surface area contributed by atoms with Crippen LogP contribution in [0.25, 0.3) is 0 Å². The van der Waals surface area contributed by atoms with E-state index < -0.39 is 16.1 Å². The molecule has 0 aromatic heterocycles. The molecule has 150 valence electrons. The Morgan fingerprint density at radius 1 is 1.21 bits per heavy atom. The van der Waals surface area contributed by atoms with Crippen molar-refractivity contribution < 1.29 is 17.9 Å². The smallest absolute Gasteiger partial charge is 0.261 e. The Balaban J connectivity index is 1.60. The average Bonchev–Trinajstić information content (AvgIpc) is 2.86. The lowest BCUT2D eigenvalue weighted by atomic mass is 10.1. The summed E-state index contributed by atoms with van der Waals surface area (Å²) in [4.78, 5) is 12.6. The maximum atomic E-state index is 12.6. The Morgan fingerprint density at radius 2 is 1.93 bits per heavy atom. The van der Waals surface area contributed by atoms with Crippen LogP contribution in [0.1, 0.15) is 18.4 Å². The predicted octanol–water partition coefficient (Wildman–Crippen LogP) is 3.01. The lowest BCUT2D eigenvalue weighted by molar-refractivity contribution is -0.128. The fourth-order valence-corrected chi connectivity index (χ4v) is 4.34. The number of benzene rings is 2. The molecule has 3 rings (SSSR count). The molecule has 1 heterocycles. The van der Waals surface area contributed by atoms with Crippen molar-refractivity contribution >= 4 is 33.2 Å². The quantitative estimate of drug-likeness (QED) is 0.726. The summed E-state index contributed by atoms with van der Waals surface area (Å²) in [5, 5.41) is 3.60. The van der Waals surface area contributed by atoms with Crippen molar-refractivity contribution in [1.29, 1.82) is 0 Å². The lowest BCUT2D eigenvalue weighted by Gasteiger charge is -2.20. The zero-order valence-corrected chi connectivity index (χ0v) is 17.2. The van der Waals surface area contributed by atoms with Crippen molar-refractivity contribution in [2.24, 2.45) is 0 Å². The lowest BCUT2D eigenvalue weighted by Crippen LogP contribution is -2.40. The van der Waals surface area contributed by atoms with Crippen LogP contribution in [-0.4, -0.2) is 39.8 Å². The van der Waals surface area contributed by atoms with Gasteiger partial charge in [-0.25, -0.2) is 8.42 Å². The molecule has 0 bridgehead atoms. The van der Waals surface area contributed by atoms with Gasteiger partial charge in [0.05, 0.1) is 11.9 Å². The molecule has 0 saturated carbocycles. The summed E-state index contributed by atoms with van der Waals surface area (Å²) in [7, 11) is -3.46. The van der Waals surface area contributed by atoms with E-state index in [9.17, 15) is 13.2 Å². The van der Waals surface area contributed by atoms with Gasteiger partial charge in [0, 0.05) is 24.5 Å². The Kier molecular flexibility index (Phi) is 6.46. The van der Waals surface area contributed by atoms with Crippen LogP contribution in [0.3, 0.4) is 0 Å². The van der Waals surface area contributed by atoms with Gasteiger partial charge < -0.3 is 10.1 Å². The van der Waals surface area contributed by atoms with E-state index in [1.807, 2.05) is 24.3 Å². The van der Waals surface area contributed by atoms with Gasteiger partial charge >= 0.3 is 0 Å². The van der Waals surface area contributed by atoms with Crippen LogP contribution in [0.2, 0.25) is 5.02 Å². The highest BCUT2D eigenvalue weighted by Gasteiger charge is 2.30. The summed E-state index contributed by atoms with van der Waals surface area (Å²) in [5.41, 5.74) is 1.50. The minimum Gasteiger partial charge on any atom is -0.478 e. The molecule has 0 unspecified atom stereocenters. The third-order valence-corrected chi connectivity index (χ3v) is 6.12. The Morgan fingerprint density at radius 3 is 2.68 bits per heavy atom. The molecule has 1 atom stereocenters. The molecule has 28 heavy (non-hydrogen) atoms. The average molecular weight is 423 g/mol. The van der Waals surface area contributed by atoms with E-state index in [1.54, 1.807) is 24.3 Å². The number of aryl methyl sites for hydroxylation is 1. The number of fused-ring (bicyclic) bond motifs is 1. The van der Waals surface area contributed by atoms with Crippen molar-refractivity contribution in [3.8, 4) is 5.75 Å². The highest BCUT2D eigenvalue weighted by molar-refractivity contribution is 7.92. The minimum absolute atomic E-state index is 0.188. The van der Waals surface area contributed by atoms with Crippen molar-refractivity contribution in [2.75, 3.05) is 23.7 Å². The molecule has 8 heteroatoms. The van der Waals surface area contributed by atoms with E-state index in [0.29, 0.717) is 18.0 Å². The van der Waals surface area contributed by atoms with Gasteiger partial charge in [0.15, 0.2) is 6.10 Å². The normalized spacial score (nSPS) is 16.6. The fraction of sp³-hybridized carbons (Fsp3) is 0.350. The zero-order valence-electron chi connectivity index (χ0n) is 15.6. The van der Waals surface area contributed by atoms with Gasteiger partial charge in [-0.3, -0.25) is 9.10 Å². The largest absolute Gasteiger partial charge is 0.478 e. The van der Waals surface area contributed by atoms with E-state index in [4.69, 9.17) is 16.3 Å². The van der Waals surface area contributed by atoms with E-state index in [2.05, 4.69) is 5.32 Å². The van der Waals surface area contributed by atoms with Crippen molar-refractivity contribution in [3.05, 3.63) is 59.1 Å². The zero-order chi connectivity index (χ0) is 20.1. The van der Waals surface area contributed by atoms with Gasteiger partial charge in [-0.05, 0) is 36.6 Å². The second kappa shape index (κ2) is 8.84. The van der Waals surface area contributed by atoms with Gasteiger partial charge in [0.1, 0.15) is 5.75 Å². The SMILES string of the molecule is CS(=O)(=O)N1CC[C@H](C(=O)NCCCc2ccccc2Cl)Oc2ccccc21. The molecule has 1 aliphatic heterocycles. The number of anilines is 1. The molecule has 1 amide bonds. The minimum atomic E-state index is -3.46. The first-order valence-electron chi connectivity index (χ1n) is 9.11. The van der Waals surface area contributed by atoms with E-state index in [1.165, 1.54) is 4.31 Å². The summed E-state index contributed by atoms with van der Waals surface area (Å²) < 4.78 is 31.3. The van der Waals surface area contributed by atoms with Crippen LogP contribution in [0.5, 0.6) is 5.75 Å². The molecule has 2 aromatic carbocycles. The molecule has 1 N–H and O–H groups in total. The van der Waals surface area contributed by atoms with Crippen LogP contribution in [-0.2, 0) is 21.2 Å². The number of amides is 1. The Labute approximate surface area is 170 Å². The van der Waals surface area contributed by atoms with Gasteiger partial charge in [0.2, 0.25) is 10.0 Å². The molecular formula is C20H23ClN2O4S. The number of halogens is 1. The third-order valence-electron chi connectivity index (χ3n) is 4.57. The molecular weight excluding hydrogens is 400 g/mol. The van der Waals surface area contributed by atoms with Crippen molar-refractivity contribution in [3.63, 3.8) is 0 Å². The summed E-state index contributed by atoms with van der Waals surface area (Å²) >= 11 is 6.14. The Bertz CT molecular complexity index is 949. The number of nitrogens with zero attached hydrogens (tertiary/aromatic N) is 1. The van der Waals surface area contributed by atoms with Crippen LogP contribution in [0, 0.1) is 0 Å². The van der Waals surface area contributed by atoms with Gasteiger partial charge in [-0.1, -0.05) is 41.9 Å². The molecule has 2 aromatic rings. The van der Waals surface area contributed by atoms with Gasteiger partial charge in [-0.15, -0.1) is 0 Å². The number of hydrogen-bond acceptors (Lipinski definition) is 4. The number of nitrogens with one attached hydrogen (secondary N) is 1. The monoisotopic (exact) mass is 422 g/mol. The maximum Gasteiger partial charge on any atom is 0.261 e. The van der Waals surface area contributed by atoms with Gasteiger partial charge in [0.25, 0.3) is 5.91 Å². The van der Waals surface area contributed by atoms with Crippen LogP contribution < -0.4 is 14.4 Å². The van der Waals surface area contributed by atoms with E-state index in [0.717, 1.165) is 29.7 Å². The molecule has 6 nitrogen and oxygen atoms in total. The summed E-state index contributed by atoms with van der Waals surface area (Å²) in [6.07, 6.45) is 2.19. The van der Waals surface area contributed by atoms with Crippen molar-refractivity contribution in [2.45, 2.75) is 25.4 Å². The predicted molar refractivity (Wildman–Crippen MR) is 110 cm³/mol. The van der Waals surface area contributed by atoms with Crippen LogP contribution in [0.15, 0.2) is 48.5 Å². The second-order valence-electron chi connectivity index (χ2n) is 6.68. The summed E-state index contributed by atoms with van der Waals surface area (Å²) in [5.74, 6) is 0.144. The molecule has 0 fully saturated rings. The molecule has 1 aliphatic rings. The number of carbonyl (C=O) groups excluding carboxylic acids is 1. The molecule has 0 radical (unpaired) electrons. The first-order chi connectivity index (χ1) is 13.4. The summed E-state index contributed by atoms with van der Waals surface area (Å²) in [6, 6.07) is 14.5. The number of sulfonamides is 1. The molecule has 0 aliphatic carbocycles. The first-order valence-corrected chi connectivity index (χ1v) is 11.3. The number of para-hydroxylation sites is 2. The standard InChI is InChI=1S/C20H23ClN2O4S/c1-28(25,26)23-14-12-19(27-18-11-5-4-10-17(18)23)20(24)22-13-6-8-15-7-2-3-9-16(15)21/h2-5,7,9-11,19H,6,8,12-14H2,1H3,(H,22,24)/t19-/m1/s1. The maximum absolute atomic E-state index is 12.6. The highest BCUT2D eigenvalue weighted by atomic mass is 35.5. The van der Waals surface area contributed by atoms with Crippen LogP contribution >= 0.6 is 11.6 Å². The Hall–Kier alpha value is -2.25. The number of ether oxygens (including phenoxy) is 1.